The lowest BCUT2D eigenvalue weighted by molar-refractivity contribution is -0.105. The predicted octanol–water partition coefficient (Wildman–Crippen LogP) is 2.47. The molecule has 1 nitrogen and oxygen atoms in total. The summed E-state index contributed by atoms with van der Waals surface area (Å²) in [6, 6.07) is 0. The van der Waals surface area contributed by atoms with E-state index in [1.807, 2.05) is 0 Å². The van der Waals surface area contributed by atoms with Gasteiger partial charge < -0.3 is 0 Å². The molecule has 0 aromatic rings. The minimum absolute atomic E-state index is 0.795. The highest BCUT2D eigenvalue weighted by Crippen LogP contribution is 2.40. The molecule has 1 fully saturated rings. The second-order valence-corrected chi connectivity index (χ2v) is 3.65. The maximum absolute atomic E-state index is 10.6. The van der Waals surface area contributed by atoms with Crippen LogP contribution in [0, 0.1) is 5.92 Å². The topological polar surface area (TPSA) is 17.1 Å². The van der Waals surface area contributed by atoms with E-state index in [1.54, 1.807) is 0 Å². The molecule has 2 aliphatic rings. The Bertz CT molecular complexity index is 203. The Hall–Kier alpha value is -0.590. The lowest BCUT2D eigenvalue weighted by Gasteiger charge is -2.19. The summed E-state index contributed by atoms with van der Waals surface area (Å²) in [5.74, 6) is 0.795. The third-order valence-electron chi connectivity index (χ3n) is 3.04. The van der Waals surface area contributed by atoms with Gasteiger partial charge in [-0.15, -0.1) is 0 Å². The average Bonchev–Trinajstić information content (AvgIpc) is 2.50. The number of hydrogen-bond acceptors (Lipinski definition) is 1. The first kappa shape index (κ1) is 7.08. The molecule has 2 aliphatic carbocycles. The molecule has 11 heavy (non-hydrogen) atoms. The molecule has 0 amide bonds. The normalized spacial score (nSPS) is 30.4. The Kier molecular flexibility index (Phi) is 1.80. The van der Waals surface area contributed by atoms with E-state index in [0.29, 0.717) is 0 Å². The van der Waals surface area contributed by atoms with E-state index in [2.05, 4.69) is 0 Å². The minimum atomic E-state index is 0.795. The minimum Gasteiger partial charge on any atom is -0.298 e. The van der Waals surface area contributed by atoms with Crippen molar-refractivity contribution in [2.24, 2.45) is 5.92 Å². The van der Waals surface area contributed by atoms with Crippen LogP contribution in [0.1, 0.15) is 38.5 Å². The van der Waals surface area contributed by atoms with Gasteiger partial charge in [0.15, 0.2) is 0 Å². The van der Waals surface area contributed by atoms with E-state index in [9.17, 15) is 4.79 Å². The Morgan fingerprint density at radius 2 is 1.91 bits per heavy atom. The average molecular weight is 150 g/mol. The number of aldehydes is 1. The summed E-state index contributed by atoms with van der Waals surface area (Å²) in [5.41, 5.74) is 2.64. The van der Waals surface area contributed by atoms with Crippen molar-refractivity contribution in [1.29, 1.82) is 0 Å². The van der Waals surface area contributed by atoms with Gasteiger partial charge in [-0.05, 0) is 50.0 Å². The molecule has 1 heteroatoms. The van der Waals surface area contributed by atoms with Crippen molar-refractivity contribution in [2.45, 2.75) is 38.5 Å². The van der Waals surface area contributed by atoms with Crippen LogP contribution in [0.3, 0.4) is 0 Å². The summed E-state index contributed by atoms with van der Waals surface area (Å²) < 4.78 is 0. The fourth-order valence-electron chi connectivity index (χ4n) is 2.49. The van der Waals surface area contributed by atoms with E-state index in [1.165, 1.54) is 37.7 Å². The van der Waals surface area contributed by atoms with Gasteiger partial charge in [0, 0.05) is 0 Å². The molecule has 2 rings (SSSR count). The van der Waals surface area contributed by atoms with Crippen molar-refractivity contribution in [1.82, 2.24) is 0 Å². The van der Waals surface area contributed by atoms with E-state index in [0.717, 1.165) is 24.2 Å². The predicted molar refractivity (Wildman–Crippen MR) is 44.3 cm³/mol. The third-order valence-corrected chi connectivity index (χ3v) is 3.04. The van der Waals surface area contributed by atoms with Crippen molar-refractivity contribution in [3.63, 3.8) is 0 Å². The Morgan fingerprint density at radius 1 is 1.18 bits per heavy atom. The highest BCUT2D eigenvalue weighted by atomic mass is 16.1. The zero-order valence-electron chi connectivity index (χ0n) is 6.81. The van der Waals surface area contributed by atoms with E-state index in [-0.39, 0.29) is 0 Å². The summed E-state index contributed by atoms with van der Waals surface area (Å²) in [6.45, 7) is 0. The number of hydrogen-bond donors (Lipinski definition) is 0. The molecule has 1 atom stereocenters. The van der Waals surface area contributed by atoms with Crippen LogP contribution in [0.25, 0.3) is 0 Å². The Balaban J connectivity index is 2.29. The van der Waals surface area contributed by atoms with E-state index >= 15 is 0 Å². The van der Waals surface area contributed by atoms with Crippen LogP contribution in [-0.2, 0) is 4.79 Å². The number of rotatable bonds is 1. The number of allylic oxidation sites excluding steroid dienone is 2. The van der Waals surface area contributed by atoms with Gasteiger partial charge in [0.25, 0.3) is 0 Å². The maximum Gasteiger partial charge on any atom is 0.145 e. The lowest BCUT2D eigenvalue weighted by Crippen LogP contribution is -2.07. The molecule has 0 aliphatic heterocycles. The van der Waals surface area contributed by atoms with Crippen LogP contribution in [-0.4, -0.2) is 6.29 Å². The van der Waals surface area contributed by atoms with Crippen molar-refractivity contribution < 1.29 is 4.79 Å². The molecule has 0 N–H and O–H groups in total. The first-order chi connectivity index (χ1) is 5.42. The second-order valence-electron chi connectivity index (χ2n) is 3.65. The first-order valence-electron chi connectivity index (χ1n) is 4.59. The van der Waals surface area contributed by atoms with Gasteiger partial charge in [-0.3, -0.25) is 4.79 Å². The van der Waals surface area contributed by atoms with Gasteiger partial charge in [-0.2, -0.15) is 0 Å². The number of carbonyl (C=O) groups is 1. The number of carbonyl (C=O) groups excluding carboxylic acids is 1. The van der Waals surface area contributed by atoms with Crippen molar-refractivity contribution >= 4 is 6.29 Å². The molecule has 0 bridgehead atoms. The van der Waals surface area contributed by atoms with Crippen LogP contribution in [0.15, 0.2) is 11.1 Å². The van der Waals surface area contributed by atoms with Crippen LogP contribution in [0.2, 0.25) is 0 Å². The van der Waals surface area contributed by atoms with Gasteiger partial charge in [0.2, 0.25) is 0 Å². The Labute approximate surface area is 67.5 Å². The fourth-order valence-corrected chi connectivity index (χ4v) is 2.49. The monoisotopic (exact) mass is 150 g/mol. The summed E-state index contributed by atoms with van der Waals surface area (Å²) in [6.07, 6.45) is 8.58. The van der Waals surface area contributed by atoms with Crippen molar-refractivity contribution in [3.8, 4) is 0 Å². The Morgan fingerprint density at radius 3 is 2.64 bits per heavy atom. The molecule has 0 aromatic heterocycles. The van der Waals surface area contributed by atoms with Gasteiger partial charge in [0.1, 0.15) is 6.29 Å². The largest absolute Gasteiger partial charge is 0.298 e. The van der Waals surface area contributed by atoms with Gasteiger partial charge in [0.05, 0.1) is 0 Å². The second kappa shape index (κ2) is 2.80. The standard InChI is InChI=1S/C10H14O/c11-7-9-5-1-3-8-4-2-6-10(8)9/h7-8H,1-6H2. The van der Waals surface area contributed by atoms with Gasteiger partial charge >= 0.3 is 0 Å². The van der Waals surface area contributed by atoms with Crippen LogP contribution in [0.4, 0.5) is 0 Å². The van der Waals surface area contributed by atoms with Crippen LogP contribution >= 0.6 is 0 Å². The van der Waals surface area contributed by atoms with Crippen molar-refractivity contribution in [3.05, 3.63) is 11.1 Å². The van der Waals surface area contributed by atoms with E-state index < -0.39 is 0 Å². The summed E-state index contributed by atoms with van der Waals surface area (Å²) >= 11 is 0. The zero-order valence-corrected chi connectivity index (χ0v) is 6.81. The summed E-state index contributed by atoms with van der Waals surface area (Å²) in [7, 11) is 0. The summed E-state index contributed by atoms with van der Waals surface area (Å²) in [5, 5.41) is 0. The first-order valence-corrected chi connectivity index (χ1v) is 4.59. The summed E-state index contributed by atoms with van der Waals surface area (Å²) in [4.78, 5) is 10.6. The third kappa shape index (κ3) is 1.13. The van der Waals surface area contributed by atoms with Crippen LogP contribution in [0.5, 0.6) is 0 Å². The highest BCUT2D eigenvalue weighted by Gasteiger charge is 2.26. The molecular formula is C10H14O. The molecular weight excluding hydrogens is 136 g/mol. The molecule has 0 radical (unpaired) electrons. The molecule has 0 saturated heterocycles. The molecule has 0 heterocycles. The molecule has 0 aromatic carbocycles. The lowest BCUT2D eigenvalue weighted by atomic mass is 9.85. The zero-order chi connectivity index (χ0) is 7.68. The molecule has 1 unspecified atom stereocenters. The van der Waals surface area contributed by atoms with Gasteiger partial charge in [-0.25, -0.2) is 0 Å². The maximum atomic E-state index is 10.6. The number of fused-ring (bicyclic) bond motifs is 1. The molecule has 60 valence electrons. The van der Waals surface area contributed by atoms with Crippen molar-refractivity contribution in [2.75, 3.05) is 0 Å². The van der Waals surface area contributed by atoms with Crippen LogP contribution < -0.4 is 0 Å². The quantitative estimate of drug-likeness (QED) is 0.525. The van der Waals surface area contributed by atoms with Gasteiger partial charge in [-0.1, -0.05) is 5.57 Å². The SMILES string of the molecule is O=CC1=C2CCCC2CCC1. The van der Waals surface area contributed by atoms with E-state index in [4.69, 9.17) is 0 Å². The molecule has 0 spiro atoms. The molecule has 1 saturated carbocycles. The smallest absolute Gasteiger partial charge is 0.145 e. The fraction of sp³-hybridized carbons (Fsp3) is 0.700. The highest BCUT2D eigenvalue weighted by molar-refractivity contribution is 5.75.